The van der Waals surface area contributed by atoms with Gasteiger partial charge in [-0.2, -0.15) is 0 Å². The van der Waals surface area contributed by atoms with Crippen molar-refractivity contribution in [3.8, 4) is 0 Å². The molecule has 324 valence electrons. The first-order chi connectivity index (χ1) is 30.4. The van der Waals surface area contributed by atoms with Gasteiger partial charge in [-0.15, -0.1) is 0 Å². The number of carbonyl (C=O) groups excluding carboxylic acids is 3. The van der Waals surface area contributed by atoms with Gasteiger partial charge in [-0.05, 0) is 109 Å². The van der Waals surface area contributed by atoms with E-state index in [1.807, 2.05) is 77.4 Å². The lowest BCUT2D eigenvalue weighted by atomic mass is 10.1. The maximum atomic E-state index is 13.1. The number of nitrogens with two attached hydrogens (primary N) is 1. The number of amides is 3. The molecule has 0 bridgehead atoms. The van der Waals surface area contributed by atoms with Gasteiger partial charge in [0, 0.05) is 112 Å². The third kappa shape index (κ3) is 11.8. The average Bonchev–Trinajstić information content (AvgIpc) is 3.26. The highest BCUT2D eigenvalue weighted by Crippen LogP contribution is 2.25. The van der Waals surface area contributed by atoms with Crippen molar-refractivity contribution in [2.24, 2.45) is 0 Å². The summed E-state index contributed by atoms with van der Waals surface area (Å²) in [4.78, 5) is 54.3. The summed E-state index contributed by atoms with van der Waals surface area (Å²) in [5.41, 5.74) is 12.7. The molecule has 4 aromatic carbocycles. The van der Waals surface area contributed by atoms with Gasteiger partial charge in [-0.25, -0.2) is 8.78 Å². The van der Waals surface area contributed by atoms with Crippen LogP contribution in [0.25, 0.3) is 34.0 Å². The Bertz CT molecular complexity index is 2640. The number of aromatic nitrogens is 2. The molecular weight excluding hydrogens is 799 g/mol. The molecule has 0 aliphatic carbocycles. The number of halogens is 2. The summed E-state index contributed by atoms with van der Waals surface area (Å²) in [6.07, 6.45) is 10.1. The molecular formula is C50H52F2N8O3. The summed E-state index contributed by atoms with van der Waals surface area (Å²) >= 11 is 0. The highest BCUT2D eigenvalue weighted by Gasteiger charge is 2.27. The van der Waals surface area contributed by atoms with E-state index in [2.05, 4.69) is 32.0 Å². The van der Waals surface area contributed by atoms with Gasteiger partial charge in [0.15, 0.2) is 0 Å². The molecule has 3 N–H and O–H groups in total. The van der Waals surface area contributed by atoms with Gasteiger partial charge in [0.1, 0.15) is 11.6 Å². The summed E-state index contributed by atoms with van der Waals surface area (Å²) in [6.45, 7) is 11.4. The summed E-state index contributed by atoms with van der Waals surface area (Å²) in [5, 5.41) is 4.74. The van der Waals surface area contributed by atoms with Crippen molar-refractivity contribution in [3.63, 3.8) is 0 Å². The fourth-order valence-corrected chi connectivity index (χ4v) is 8.09. The van der Waals surface area contributed by atoms with E-state index in [1.54, 1.807) is 48.8 Å². The van der Waals surface area contributed by atoms with Crippen LogP contribution in [0, 0.1) is 11.6 Å². The number of fused-ring (bicyclic) bond motifs is 2. The lowest BCUT2D eigenvalue weighted by Crippen LogP contribution is -2.53. The average molecular weight is 851 g/mol. The second kappa shape index (κ2) is 20.4. The number of benzene rings is 4. The van der Waals surface area contributed by atoms with Crippen LogP contribution in [-0.4, -0.2) is 98.6 Å². The molecule has 2 aliphatic rings. The van der Waals surface area contributed by atoms with Crippen LogP contribution in [0.15, 0.2) is 122 Å². The Hall–Kier alpha value is -6.83. The van der Waals surface area contributed by atoms with E-state index in [9.17, 15) is 23.2 Å². The van der Waals surface area contributed by atoms with E-state index in [0.717, 1.165) is 83.3 Å². The van der Waals surface area contributed by atoms with Crippen molar-refractivity contribution in [2.75, 3.05) is 50.3 Å². The number of pyridine rings is 2. The zero-order valence-corrected chi connectivity index (χ0v) is 35.8. The molecule has 6 aromatic rings. The molecule has 2 atom stereocenters. The summed E-state index contributed by atoms with van der Waals surface area (Å²) in [5.74, 6) is -0.730. The number of carbonyl (C=O) groups is 3. The third-order valence-electron chi connectivity index (χ3n) is 11.3. The molecule has 11 nitrogen and oxygen atoms in total. The number of anilines is 2. The van der Waals surface area contributed by atoms with Gasteiger partial charge in [0.2, 0.25) is 17.7 Å². The van der Waals surface area contributed by atoms with Crippen LogP contribution in [0.5, 0.6) is 0 Å². The number of hydrogen-bond acceptors (Lipinski definition) is 8. The molecule has 13 heteroatoms. The van der Waals surface area contributed by atoms with Gasteiger partial charge in [0.05, 0.1) is 16.7 Å². The first-order valence-electron chi connectivity index (χ1n) is 21.1. The number of piperazine rings is 2. The lowest BCUT2D eigenvalue weighted by molar-refractivity contribution is -0.131. The summed E-state index contributed by atoms with van der Waals surface area (Å²) < 4.78 is 26.2. The Morgan fingerprint density at radius 3 is 1.60 bits per heavy atom. The Morgan fingerprint density at radius 1 is 0.667 bits per heavy atom. The first-order valence-corrected chi connectivity index (χ1v) is 21.1. The Balaban J connectivity index is 0.000000190. The molecule has 0 saturated carbocycles. The lowest BCUT2D eigenvalue weighted by Gasteiger charge is -2.39. The molecule has 63 heavy (non-hydrogen) atoms. The minimum Gasteiger partial charge on any atom is -0.398 e. The van der Waals surface area contributed by atoms with E-state index < -0.39 is 0 Å². The zero-order chi connectivity index (χ0) is 44.5. The SMILES string of the molecule is CC(=O)Nc1cc2ncccc2cc1/C=C/C(=O)N1CCN(Cc2ccc(F)cc2)C[C@H]1C.C[C@@H]1CN(Cc2ccc(F)cc2)CCN1C(=O)/C=C/c1cc2cccnc2cc1N. The van der Waals surface area contributed by atoms with Crippen LogP contribution in [0.2, 0.25) is 0 Å². The second-order valence-electron chi connectivity index (χ2n) is 16.1. The standard InChI is InChI=1S/C26H27FN4O2.C24H25FN4O/c1-18-16-30(17-20-5-8-23(27)9-6-20)12-13-31(18)26(33)10-7-22-14-21-4-3-11-28-24(21)15-25(22)29-19(2)32;1-17-15-28(16-18-4-7-21(25)8-5-18)11-12-29(17)24(30)9-6-19-13-20-3-2-10-27-23(20)14-22(19)26/h3-11,14-15,18H,12-13,16-17H2,1-2H3,(H,29,32);2-10,13-14,17H,11-12,15-16,26H2,1H3/b10-7+;9-6+/t18-;17-/m11/s1. The maximum Gasteiger partial charge on any atom is 0.246 e. The van der Waals surface area contributed by atoms with E-state index in [1.165, 1.54) is 31.2 Å². The number of rotatable bonds is 9. The monoisotopic (exact) mass is 850 g/mol. The Morgan fingerprint density at radius 2 is 1.13 bits per heavy atom. The molecule has 2 aromatic heterocycles. The van der Waals surface area contributed by atoms with Crippen molar-refractivity contribution >= 4 is 63.1 Å². The van der Waals surface area contributed by atoms with Crippen molar-refractivity contribution in [1.29, 1.82) is 0 Å². The van der Waals surface area contributed by atoms with Gasteiger partial charge in [-0.1, -0.05) is 36.4 Å². The highest BCUT2D eigenvalue weighted by atomic mass is 19.1. The van der Waals surface area contributed by atoms with Gasteiger partial charge in [0.25, 0.3) is 0 Å². The molecule has 0 spiro atoms. The van der Waals surface area contributed by atoms with Crippen molar-refractivity contribution in [1.82, 2.24) is 29.6 Å². The van der Waals surface area contributed by atoms with E-state index in [4.69, 9.17) is 5.73 Å². The predicted octanol–water partition coefficient (Wildman–Crippen LogP) is 7.78. The normalized spacial score (nSPS) is 17.3. The quantitative estimate of drug-likeness (QED) is 0.112. The van der Waals surface area contributed by atoms with Crippen molar-refractivity contribution < 1.29 is 23.2 Å². The van der Waals surface area contributed by atoms with Crippen LogP contribution in [-0.2, 0) is 27.5 Å². The molecule has 0 radical (unpaired) electrons. The van der Waals surface area contributed by atoms with Crippen LogP contribution >= 0.6 is 0 Å². The van der Waals surface area contributed by atoms with Gasteiger partial charge < -0.3 is 20.9 Å². The molecule has 2 fully saturated rings. The van der Waals surface area contributed by atoms with E-state index in [-0.39, 0.29) is 41.4 Å². The molecule has 2 saturated heterocycles. The topological polar surface area (TPSA) is 128 Å². The Labute approximate surface area is 366 Å². The summed E-state index contributed by atoms with van der Waals surface area (Å²) in [6, 6.07) is 28.4. The minimum absolute atomic E-state index is 0.0189. The van der Waals surface area contributed by atoms with Gasteiger partial charge in [-0.3, -0.25) is 34.2 Å². The fourth-order valence-electron chi connectivity index (χ4n) is 8.09. The third-order valence-corrected chi connectivity index (χ3v) is 11.3. The highest BCUT2D eigenvalue weighted by molar-refractivity contribution is 5.99. The minimum atomic E-state index is -0.237. The smallest absolute Gasteiger partial charge is 0.246 e. The number of nitrogens with one attached hydrogen (secondary N) is 1. The Kier molecular flexibility index (Phi) is 14.3. The molecule has 8 rings (SSSR count). The van der Waals surface area contributed by atoms with Crippen molar-refractivity contribution in [2.45, 2.75) is 45.9 Å². The van der Waals surface area contributed by atoms with Crippen LogP contribution in [0.1, 0.15) is 43.0 Å². The number of nitrogens with zero attached hydrogens (tertiary/aromatic N) is 6. The maximum absolute atomic E-state index is 13.1. The summed E-state index contributed by atoms with van der Waals surface area (Å²) in [7, 11) is 0. The number of nitrogen functional groups attached to an aromatic ring is 1. The fraction of sp³-hybridized carbons (Fsp3) is 0.260. The van der Waals surface area contributed by atoms with E-state index in [0.29, 0.717) is 24.5 Å². The van der Waals surface area contributed by atoms with Crippen LogP contribution in [0.4, 0.5) is 20.2 Å². The van der Waals surface area contributed by atoms with E-state index >= 15 is 0 Å². The second-order valence-corrected chi connectivity index (χ2v) is 16.1. The van der Waals surface area contributed by atoms with Crippen LogP contribution in [0.3, 0.4) is 0 Å². The van der Waals surface area contributed by atoms with Crippen LogP contribution < -0.4 is 11.1 Å². The van der Waals surface area contributed by atoms with Gasteiger partial charge >= 0.3 is 0 Å². The van der Waals surface area contributed by atoms with Crippen molar-refractivity contribution in [3.05, 3.63) is 155 Å². The molecule has 3 amide bonds. The molecule has 2 aliphatic heterocycles. The zero-order valence-electron chi connectivity index (χ0n) is 35.8. The molecule has 4 heterocycles. The molecule has 0 unspecified atom stereocenters. The number of hydrogen-bond donors (Lipinski definition) is 2. The predicted molar refractivity (Wildman–Crippen MR) is 246 cm³/mol. The first kappa shape index (κ1) is 44.2. The largest absolute Gasteiger partial charge is 0.398 e.